The Bertz CT molecular complexity index is 270. The van der Waals surface area contributed by atoms with Crippen molar-refractivity contribution in [2.75, 3.05) is 13.2 Å². The van der Waals surface area contributed by atoms with Gasteiger partial charge in [0.2, 0.25) is 0 Å². The van der Waals surface area contributed by atoms with Gasteiger partial charge in [-0.1, -0.05) is 6.42 Å². The third-order valence-electron chi connectivity index (χ3n) is 3.17. The lowest BCUT2D eigenvalue weighted by Crippen LogP contribution is -2.44. The molecular formula is C10H16F3NO3. The highest BCUT2D eigenvalue weighted by molar-refractivity contribution is 5.71. The van der Waals surface area contributed by atoms with Crippen molar-refractivity contribution in [3.8, 4) is 0 Å². The fourth-order valence-electron chi connectivity index (χ4n) is 2.14. The minimum atomic E-state index is -4.74. The molecule has 3 atom stereocenters. The van der Waals surface area contributed by atoms with E-state index in [4.69, 9.17) is 10.2 Å². The second-order valence-electron chi connectivity index (χ2n) is 4.32. The van der Waals surface area contributed by atoms with E-state index in [-0.39, 0.29) is 18.6 Å². The van der Waals surface area contributed by atoms with Gasteiger partial charge in [-0.25, -0.2) is 0 Å². The van der Waals surface area contributed by atoms with Gasteiger partial charge >= 0.3 is 12.1 Å². The number of aliphatic hydroxyl groups excluding tert-OH is 1. The van der Waals surface area contributed by atoms with Gasteiger partial charge in [-0.15, -0.1) is 0 Å². The summed E-state index contributed by atoms with van der Waals surface area (Å²) in [4.78, 5) is 10.5. The molecule has 0 saturated heterocycles. The lowest BCUT2D eigenvalue weighted by molar-refractivity contribution is -0.192. The van der Waals surface area contributed by atoms with Gasteiger partial charge in [0.1, 0.15) is 0 Å². The molecule has 0 radical (unpaired) electrons. The Labute approximate surface area is 96.8 Å². The Morgan fingerprint density at radius 2 is 2.06 bits per heavy atom. The normalized spacial score (nSPS) is 27.1. The summed E-state index contributed by atoms with van der Waals surface area (Å²) >= 11 is 0. The van der Waals surface area contributed by atoms with Crippen LogP contribution in [0.3, 0.4) is 0 Å². The molecule has 1 rings (SSSR count). The summed E-state index contributed by atoms with van der Waals surface area (Å²) in [6.07, 6.45) is -2.47. The van der Waals surface area contributed by atoms with Gasteiger partial charge in [-0.05, 0) is 18.8 Å². The molecule has 1 aliphatic rings. The van der Waals surface area contributed by atoms with E-state index >= 15 is 0 Å². The van der Waals surface area contributed by atoms with Gasteiger partial charge in [0.25, 0.3) is 0 Å². The Hall–Kier alpha value is -0.820. The molecule has 100 valence electrons. The maximum absolute atomic E-state index is 12.4. The first-order chi connectivity index (χ1) is 7.86. The third kappa shape index (κ3) is 3.85. The van der Waals surface area contributed by atoms with Crippen molar-refractivity contribution in [2.45, 2.75) is 31.5 Å². The molecule has 4 nitrogen and oxygen atoms in total. The summed E-state index contributed by atoms with van der Waals surface area (Å²) < 4.78 is 37.1. The Morgan fingerprint density at radius 1 is 1.41 bits per heavy atom. The zero-order valence-electron chi connectivity index (χ0n) is 9.20. The Kier molecular flexibility index (Phi) is 4.76. The second kappa shape index (κ2) is 5.68. The number of aliphatic hydroxyl groups is 1. The number of alkyl halides is 3. The van der Waals surface area contributed by atoms with E-state index in [9.17, 15) is 18.0 Å². The molecule has 1 aliphatic carbocycles. The highest BCUT2D eigenvalue weighted by atomic mass is 19.4. The van der Waals surface area contributed by atoms with Gasteiger partial charge in [-0.2, -0.15) is 13.2 Å². The van der Waals surface area contributed by atoms with Crippen LogP contribution in [0.5, 0.6) is 0 Å². The van der Waals surface area contributed by atoms with Crippen LogP contribution < -0.4 is 5.32 Å². The number of carbonyl (C=O) groups is 1. The highest BCUT2D eigenvalue weighted by Crippen LogP contribution is 2.28. The van der Waals surface area contributed by atoms with Crippen LogP contribution in [0, 0.1) is 11.8 Å². The zero-order valence-corrected chi connectivity index (χ0v) is 9.20. The summed E-state index contributed by atoms with van der Waals surface area (Å²) in [7, 11) is 0. The van der Waals surface area contributed by atoms with Gasteiger partial charge in [0.15, 0.2) is 5.92 Å². The van der Waals surface area contributed by atoms with Crippen molar-refractivity contribution in [3.05, 3.63) is 0 Å². The van der Waals surface area contributed by atoms with Crippen LogP contribution in [0.1, 0.15) is 19.3 Å². The molecule has 0 bridgehead atoms. The lowest BCUT2D eigenvalue weighted by atomic mass is 10.0. The number of carboxylic acid groups (broad SMARTS) is 1. The maximum Gasteiger partial charge on any atom is 0.403 e. The molecule has 1 saturated carbocycles. The van der Waals surface area contributed by atoms with Crippen molar-refractivity contribution < 1.29 is 28.2 Å². The standard InChI is InChI=1S/C10H16F3NO3/c11-10(12,13)7(9(16)17)4-14-8-3-1-2-6(8)5-15/h6-8,14-15H,1-5H2,(H,16,17). The molecule has 0 spiro atoms. The number of halogens is 3. The molecule has 7 heteroatoms. The summed E-state index contributed by atoms with van der Waals surface area (Å²) in [6.45, 7) is -0.721. The Morgan fingerprint density at radius 3 is 2.53 bits per heavy atom. The molecule has 17 heavy (non-hydrogen) atoms. The fourth-order valence-corrected chi connectivity index (χ4v) is 2.14. The maximum atomic E-state index is 12.4. The van der Waals surface area contributed by atoms with Crippen molar-refractivity contribution in [1.82, 2.24) is 5.32 Å². The van der Waals surface area contributed by atoms with Gasteiger partial charge in [0.05, 0.1) is 0 Å². The van der Waals surface area contributed by atoms with Gasteiger partial charge in [-0.3, -0.25) is 4.79 Å². The first-order valence-corrected chi connectivity index (χ1v) is 5.50. The average molecular weight is 255 g/mol. The van der Waals surface area contributed by atoms with Crippen LogP contribution in [-0.4, -0.2) is 41.6 Å². The highest BCUT2D eigenvalue weighted by Gasteiger charge is 2.45. The topological polar surface area (TPSA) is 69.6 Å². The summed E-state index contributed by atoms with van der Waals surface area (Å²) in [5.41, 5.74) is 0. The van der Waals surface area contributed by atoms with E-state index in [1.807, 2.05) is 0 Å². The van der Waals surface area contributed by atoms with Crippen molar-refractivity contribution in [1.29, 1.82) is 0 Å². The summed E-state index contributed by atoms with van der Waals surface area (Å²) in [6, 6.07) is -0.218. The molecule has 0 heterocycles. The molecular weight excluding hydrogens is 239 g/mol. The Balaban J connectivity index is 2.50. The van der Waals surface area contributed by atoms with Crippen molar-refractivity contribution >= 4 is 5.97 Å². The first kappa shape index (κ1) is 14.2. The SMILES string of the molecule is O=C(O)C(CNC1CCCC1CO)C(F)(F)F. The fraction of sp³-hybridized carbons (Fsp3) is 0.900. The van der Waals surface area contributed by atoms with Crippen molar-refractivity contribution in [2.24, 2.45) is 11.8 Å². The van der Waals surface area contributed by atoms with E-state index in [2.05, 4.69) is 5.32 Å². The van der Waals surface area contributed by atoms with E-state index in [0.717, 1.165) is 12.8 Å². The second-order valence-corrected chi connectivity index (χ2v) is 4.32. The van der Waals surface area contributed by atoms with Gasteiger partial charge < -0.3 is 15.5 Å². The predicted octanol–water partition coefficient (Wildman–Crippen LogP) is 1.00. The number of rotatable bonds is 5. The number of hydrogen-bond acceptors (Lipinski definition) is 3. The number of nitrogens with one attached hydrogen (secondary N) is 1. The monoisotopic (exact) mass is 255 g/mol. The van der Waals surface area contributed by atoms with Crippen LogP contribution in [0.25, 0.3) is 0 Å². The largest absolute Gasteiger partial charge is 0.481 e. The first-order valence-electron chi connectivity index (χ1n) is 5.50. The average Bonchev–Trinajstić information content (AvgIpc) is 2.62. The van der Waals surface area contributed by atoms with Gasteiger partial charge in [0, 0.05) is 19.2 Å². The lowest BCUT2D eigenvalue weighted by Gasteiger charge is -2.22. The van der Waals surface area contributed by atoms with Crippen LogP contribution >= 0.6 is 0 Å². The predicted molar refractivity (Wildman–Crippen MR) is 53.4 cm³/mol. The molecule has 3 unspecified atom stereocenters. The molecule has 1 fully saturated rings. The van der Waals surface area contributed by atoms with E-state index in [1.165, 1.54) is 0 Å². The van der Waals surface area contributed by atoms with Crippen LogP contribution in [-0.2, 0) is 4.79 Å². The van der Waals surface area contributed by atoms with E-state index < -0.39 is 24.6 Å². The molecule has 0 aliphatic heterocycles. The smallest absolute Gasteiger partial charge is 0.403 e. The summed E-state index contributed by atoms with van der Waals surface area (Å²) in [5.74, 6) is -4.33. The number of aliphatic carboxylic acids is 1. The van der Waals surface area contributed by atoms with Crippen LogP contribution in [0.15, 0.2) is 0 Å². The zero-order chi connectivity index (χ0) is 13.1. The molecule has 0 amide bonds. The van der Waals surface area contributed by atoms with E-state index in [1.54, 1.807) is 0 Å². The third-order valence-corrected chi connectivity index (χ3v) is 3.17. The van der Waals surface area contributed by atoms with E-state index in [0.29, 0.717) is 6.42 Å². The quantitative estimate of drug-likeness (QED) is 0.685. The molecule has 0 aromatic heterocycles. The van der Waals surface area contributed by atoms with Crippen molar-refractivity contribution in [3.63, 3.8) is 0 Å². The molecule has 0 aromatic carbocycles. The minimum absolute atomic E-state index is 0.0716. The molecule has 3 N–H and O–H groups in total. The molecule has 0 aromatic rings. The van der Waals surface area contributed by atoms with Crippen LogP contribution in [0.2, 0.25) is 0 Å². The van der Waals surface area contributed by atoms with Crippen LogP contribution in [0.4, 0.5) is 13.2 Å². The number of hydrogen-bond donors (Lipinski definition) is 3. The summed E-state index contributed by atoms with van der Waals surface area (Å²) in [5, 5.41) is 20.1. The number of carboxylic acids is 1. The minimum Gasteiger partial charge on any atom is -0.481 e.